The van der Waals surface area contributed by atoms with Crippen LogP contribution in [0, 0.1) is 0 Å². The van der Waals surface area contributed by atoms with E-state index >= 15 is 0 Å². The fourth-order valence-corrected chi connectivity index (χ4v) is 3.21. The molecule has 3 rings (SSSR count). The van der Waals surface area contributed by atoms with Crippen molar-refractivity contribution in [2.45, 2.75) is 19.9 Å². The molecule has 136 valence electrons. The number of anilines is 2. The number of piperazine rings is 1. The molecule has 1 aromatic heterocycles. The fraction of sp³-hybridized carbons (Fsp3) is 0.350. The van der Waals surface area contributed by atoms with E-state index in [9.17, 15) is 9.59 Å². The molecule has 2 heterocycles. The van der Waals surface area contributed by atoms with Gasteiger partial charge in [0.05, 0.1) is 6.04 Å². The molecule has 1 fully saturated rings. The van der Waals surface area contributed by atoms with Crippen molar-refractivity contribution in [3.63, 3.8) is 0 Å². The monoisotopic (exact) mass is 352 g/mol. The minimum absolute atomic E-state index is 0.102. The van der Waals surface area contributed by atoms with Gasteiger partial charge in [0.25, 0.3) is 0 Å². The van der Waals surface area contributed by atoms with Crippen LogP contribution >= 0.6 is 0 Å². The van der Waals surface area contributed by atoms with E-state index in [1.807, 2.05) is 25.1 Å². The number of nitrogens with zero attached hydrogens (tertiary/aromatic N) is 3. The van der Waals surface area contributed by atoms with E-state index in [2.05, 4.69) is 20.1 Å². The summed E-state index contributed by atoms with van der Waals surface area (Å²) in [7, 11) is 0. The first-order chi connectivity index (χ1) is 12.5. The molecule has 0 bridgehead atoms. The number of pyridine rings is 1. The minimum Gasteiger partial charge on any atom is -0.354 e. The summed E-state index contributed by atoms with van der Waals surface area (Å²) in [5.74, 6) is 0.966. The molecule has 0 spiro atoms. The highest BCUT2D eigenvalue weighted by molar-refractivity contribution is 6.00. The number of hydrogen-bond donors (Lipinski definition) is 1. The number of aromatic nitrogens is 1. The number of carbonyl (C=O) groups is 2. The number of Topliss-reactive ketones (excluding diaryl/α,β-unsaturated/α-hetero) is 1. The second-order valence-electron chi connectivity index (χ2n) is 6.51. The third-order valence-corrected chi connectivity index (χ3v) is 4.70. The van der Waals surface area contributed by atoms with Crippen LogP contribution in [-0.2, 0) is 4.79 Å². The van der Waals surface area contributed by atoms with E-state index in [1.165, 1.54) is 6.92 Å². The average Bonchev–Trinajstić information content (AvgIpc) is 2.68. The zero-order valence-electron chi connectivity index (χ0n) is 15.2. The highest BCUT2D eigenvalue weighted by Crippen LogP contribution is 2.17. The lowest BCUT2D eigenvalue weighted by molar-refractivity contribution is -0.114. The molecule has 0 saturated carbocycles. The highest BCUT2D eigenvalue weighted by atomic mass is 16.1. The summed E-state index contributed by atoms with van der Waals surface area (Å²) in [6.07, 6.45) is 1.80. The molecule has 6 nitrogen and oxygen atoms in total. The molecule has 0 radical (unpaired) electrons. The van der Waals surface area contributed by atoms with Gasteiger partial charge in [-0.1, -0.05) is 6.07 Å². The molecule has 1 atom stereocenters. The van der Waals surface area contributed by atoms with Gasteiger partial charge >= 0.3 is 0 Å². The normalized spacial score (nSPS) is 16.2. The molecule has 1 aliphatic rings. The van der Waals surface area contributed by atoms with Gasteiger partial charge < -0.3 is 10.2 Å². The predicted octanol–water partition coefficient (Wildman–Crippen LogP) is 2.43. The Morgan fingerprint density at radius 3 is 2.31 bits per heavy atom. The van der Waals surface area contributed by atoms with Gasteiger partial charge in [0.2, 0.25) is 5.91 Å². The van der Waals surface area contributed by atoms with Crippen molar-refractivity contribution in [2.75, 3.05) is 36.4 Å². The topological polar surface area (TPSA) is 65.5 Å². The van der Waals surface area contributed by atoms with E-state index in [1.54, 1.807) is 30.5 Å². The maximum Gasteiger partial charge on any atom is 0.221 e. The molecule has 1 aliphatic heterocycles. The molecule has 1 amide bonds. The van der Waals surface area contributed by atoms with E-state index in [4.69, 9.17) is 0 Å². The number of hydrogen-bond acceptors (Lipinski definition) is 5. The number of rotatable bonds is 5. The van der Waals surface area contributed by atoms with Crippen LogP contribution in [0.2, 0.25) is 0 Å². The van der Waals surface area contributed by atoms with Gasteiger partial charge in [0.15, 0.2) is 5.78 Å². The summed E-state index contributed by atoms with van der Waals surface area (Å²) in [6, 6.07) is 12.8. The SMILES string of the molecule is CC(=O)Nc1ccc(C(=O)[C@H](C)N2CCN(c3ccccn3)CC2)cc1. The smallest absolute Gasteiger partial charge is 0.221 e. The first-order valence-electron chi connectivity index (χ1n) is 8.86. The van der Waals surface area contributed by atoms with Crippen molar-refractivity contribution in [3.8, 4) is 0 Å². The van der Waals surface area contributed by atoms with Crippen molar-refractivity contribution >= 4 is 23.2 Å². The van der Waals surface area contributed by atoms with Gasteiger partial charge in [-0.05, 0) is 43.3 Å². The first-order valence-corrected chi connectivity index (χ1v) is 8.86. The van der Waals surface area contributed by atoms with Gasteiger partial charge in [-0.25, -0.2) is 4.98 Å². The number of benzene rings is 1. The Hall–Kier alpha value is -2.73. The van der Waals surface area contributed by atoms with Crippen LogP contribution in [0.15, 0.2) is 48.7 Å². The zero-order chi connectivity index (χ0) is 18.5. The van der Waals surface area contributed by atoms with E-state index in [0.29, 0.717) is 11.3 Å². The summed E-state index contributed by atoms with van der Waals surface area (Å²) < 4.78 is 0. The molecule has 1 aromatic carbocycles. The number of amides is 1. The quantitative estimate of drug-likeness (QED) is 0.837. The second kappa shape index (κ2) is 8.10. The standard InChI is InChI=1S/C20H24N4O2/c1-15(20(26)17-6-8-18(9-7-17)22-16(2)25)23-11-13-24(14-12-23)19-5-3-4-10-21-19/h3-10,15H,11-14H2,1-2H3,(H,22,25)/t15-/m0/s1. The van der Waals surface area contributed by atoms with Crippen LogP contribution in [0.25, 0.3) is 0 Å². The van der Waals surface area contributed by atoms with Gasteiger partial charge in [-0.3, -0.25) is 14.5 Å². The second-order valence-corrected chi connectivity index (χ2v) is 6.51. The lowest BCUT2D eigenvalue weighted by atomic mass is 10.0. The molecule has 2 aromatic rings. The molecule has 1 N–H and O–H groups in total. The molecule has 0 aliphatic carbocycles. The number of nitrogens with one attached hydrogen (secondary N) is 1. The molecule has 6 heteroatoms. The lowest BCUT2D eigenvalue weighted by Crippen LogP contribution is -2.52. The Kier molecular flexibility index (Phi) is 5.63. The van der Waals surface area contributed by atoms with Crippen LogP contribution in [0.3, 0.4) is 0 Å². The van der Waals surface area contributed by atoms with Crippen molar-refractivity contribution < 1.29 is 9.59 Å². The third-order valence-electron chi connectivity index (χ3n) is 4.70. The number of carbonyl (C=O) groups excluding carboxylic acids is 2. The number of ketones is 1. The maximum absolute atomic E-state index is 12.8. The van der Waals surface area contributed by atoms with E-state index < -0.39 is 0 Å². The molecule has 26 heavy (non-hydrogen) atoms. The lowest BCUT2D eigenvalue weighted by Gasteiger charge is -2.38. The van der Waals surface area contributed by atoms with E-state index in [-0.39, 0.29) is 17.7 Å². The van der Waals surface area contributed by atoms with Crippen LogP contribution in [0.1, 0.15) is 24.2 Å². The van der Waals surface area contributed by atoms with Crippen molar-refractivity contribution in [3.05, 3.63) is 54.2 Å². The fourth-order valence-electron chi connectivity index (χ4n) is 3.21. The Labute approximate surface area is 153 Å². The zero-order valence-corrected chi connectivity index (χ0v) is 15.2. The Morgan fingerprint density at radius 1 is 1.04 bits per heavy atom. The molecular formula is C20H24N4O2. The Morgan fingerprint density at radius 2 is 1.73 bits per heavy atom. The van der Waals surface area contributed by atoms with Crippen molar-refractivity contribution in [1.29, 1.82) is 0 Å². The van der Waals surface area contributed by atoms with Crippen LogP contribution in [0.5, 0.6) is 0 Å². The predicted molar refractivity (Wildman–Crippen MR) is 103 cm³/mol. The minimum atomic E-state index is -0.174. The van der Waals surface area contributed by atoms with Gasteiger partial charge in [-0.2, -0.15) is 0 Å². The van der Waals surface area contributed by atoms with Crippen LogP contribution in [-0.4, -0.2) is 53.8 Å². The molecular weight excluding hydrogens is 328 g/mol. The van der Waals surface area contributed by atoms with Gasteiger partial charge in [-0.15, -0.1) is 0 Å². The molecule has 1 saturated heterocycles. The highest BCUT2D eigenvalue weighted by Gasteiger charge is 2.26. The maximum atomic E-state index is 12.8. The van der Waals surface area contributed by atoms with Crippen LogP contribution < -0.4 is 10.2 Å². The summed E-state index contributed by atoms with van der Waals surface area (Å²) >= 11 is 0. The summed E-state index contributed by atoms with van der Waals surface area (Å²) in [5, 5.41) is 2.71. The summed E-state index contributed by atoms with van der Waals surface area (Å²) in [4.78, 5) is 32.7. The summed E-state index contributed by atoms with van der Waals surface area (Å²) in [5.41, 5.74) is 1.37. The Balaban J connectivity index is 1.58. The van der Waals surface area contributed by atoms with E-state index in [0.717, 1.165) is 32.0 Å². The van der Waals surface area contributed by atoms with Crippen molar-refractivity contribution in [1.82, 2.24) is 9.88 Å². The average molecular weight is 352 g/mol. The van der Waals surface area contributed by atoms with Crippen LogP contribution in [0.4, 0.5) is 11.5 Å². The summed E-state index contributed by atoms with van der Waals surface area (Å²) in [6.45, 7) is 6.79. The van der Waals surface area contributed by atoms with Crippen molar-refractivity contribution in [2.24, 2.45) is 0 Å². The Bertz CT molecular complexity index is 753. The van der Waals surface area contributed by atoms with Gasteiger partial charge in [0.1, 0.15) is 5.82 Å². The van der Waals surface area contributed by atoms with Gasteiger partial charge in [0, 0.05) is 50.6 Å². The largest absolute Gasteiger partial charge is 0.354 e. The first kappa shape index (κ1) is 18.1. The molecule has 0 unspecified atom stereocenters. The third kappa shape index (κ3) is 4.26.